The largest absolute Gasteiger partial charge is 0.103 e. The topological polar surface area (TPSA) is 0 Å². The summed E-state index contributed by atoms with van der Waals surface area (Å²) in [5, 5.41) is 0. The Kier molecular flexibility index (Phi) is 16.5. The molecule has 0 heteroatoms. The fourth-order valence-corrected chi connectivity index (χ4v) is 1.36. The van der Waals surface area contributed by atoms with Gasteiger partial charge in [0.15, 0.2) is 0 Å². The molecule has 0 aliphatic carbocycles. The van der Waals surface area contributed by atoms with Gasteiger partial charge < -0.3 is 0 Å². The Labute approximate surface area is 127 Å². The molecule has 1 aromatic carbocycles. The van der Waals surface area contributed by atoms with Crippen LogP contribution in [-0.4, -0.2) is 0 Å². The van der Waals surface area contributed by atoms with E-state index in [0.717, 1.165) is 12.8 Å². The van der Waals surface area contributed by atoms with Crippen molar-refractivity contribution in [3.8, 4) is 0 Å². The Morgan fingerprint density at radius 3 is 1.50 bits per heavy atom. The number of benzene rings is 1. The minimum atomic E-state index is 0.653. The molecule has 0 N–H and O–H groups in total. The average molecular weight is 274 g/mol. The molecule has 0 nitrogen and oxygen atoms in total. The second-order valence-electron chi connectivity index (χ2n) is 5.22. The molecule has 114 valence electrons. The Morgan fingerprint density at radius 1 is 0.900 bits per heavy atom. The number of hydrogen-bond acceptors (Lipinski definition) is 0. The van der Waals surface area contributed by atoms with E-state index in [0.29, 0.717) is 5.92 Å². The van der Waals surface area contributed by atoms with Gasteiger partial charge in [-0.25, -0.2) is 0 Å². The van der Waals surface area contributed by atoms with E-state index in [1.165, 1.54) is 24.0 Å². The maximum Gasteiger partial charge on any atom is -0.0219 e. The molecule has 0 fully saturated rings. The number of hydrogen-bond donors (Lipinski definition) is 0. The molecule has 0 amide bonds. The van der Waals surface area contributed by atoms with Crippen LogP contribution in [0.3, 0.4) is 0 Å². The van der Waals surface area contributed by atoms with Crippen molar-refractivity contribution in [3.05, 3.63) is 60.7 Å². The quantitative estimate of drug-likeness (QED) is 0.504. The molecule has 1 rings (SSSR count). The zero-order valence-corrected chi connectivity index (χ0v) is 14.3. The van der Waals surface area contributed by atoms with Crippen LogP contribution in [-0.2, 0) is 0 Å². The van der Waals surface area contributed by atoms with Gasteiger partial charge in [-0.05, 0) is 31.2 Å². The Hall–Kier alpha value is -1.30. The highest BCUT2D eigenvalue weighted by atomic mass is 14.0. The van der Waals surface area contributed by atoms with Gasteiger partial charge in [0, 0.05) is 0 Å². The van der Waals surface area contributed by atoms with Crippen molar-refractivity contribution in [2.24, 2.45) is 0 Å². The lowest BCUT2D eigenvalue weighted by atomic mass is 10.0. The molecular weight excluding hydrogens is 240 g/mol. The molecule has 0 saturated heterocycles. The first-order chi connectivity index (χ1) is 9.53. The van der Waals surface area contributed by atoms with E-state index in [1.807, 2.05) is 12.2 Å². The summed E-state index contributed by atoms with van der Waals surface area (Å²) in [6.45, 7) is 17.9. The van der Waals surface area contributed by atoms with Crippen LogP contribution in [0.15, 0.2) is 49.6 Å². The van der Waals surface area contributed by atoms with Gasteiger partial charge in [0.2, 0.25) is 0 Å². The number of allylic oxidation sites excluding steroid dienone is 2. The minimum Gasteiger partial charge on any atom is -0.103 e. The molecule has 0 aromatic heterocycles. The molecular formula is C20H34. The summed E-state index contributed by atoms with van der Waals surface area (Å²) in [7, 11) is 0. The molecule has 0 spiro atoms. The fourth-order valence-electron chi connectivity index (χ4n) is 1.36. The predicted octanol–water partition coefficient (Wildman–Crippen LogP) is 7.06. The number of aryl methyl sites for hydroxylation is 1. The van der Waals surface area contributed by atoms with Gasteiger partial charge in [-0.15, -0.1) is 13.2 Å². The third-order valence-electron chi connectivity index (χ3n) is 2.73. The summed E-state index contributed by atoms with van der Waals surface area (Å²) < 4.78 is 0. The molecule has 0 bridgehead atoms. The zero-order valence-electron chi connectivity index (χ0n) is 14.3. The first kappa shape index (κ1) is 21.0. The minimum absolute atomic E-state index is 0.653. The molecule has 1 aromatic rings. The Balaban J connectivity index is 0. The third kappa shape index (κ3) is 14.8. The summed E-state index contributed by atoms with van der Waals surface area (Å²) in [6, 6.07) is 8.71. The van der Waals surface area contributed by atoms with Crippen LogP contribution >= 0.6 is 0 Å². The van der Waals surface area contributed by atoms with Crippen LogP contribution in [0.4, 0.5) is 0 Å². The lowest BCUT2D eigenvalue weighted by Gasteiger charge is -2.03. The van der Waals surface area contributed by atoms with E-state index in [4.69, 9.17) is 0 Å². The summed E-state index contributed by atoms with van der Waals surface area (Å²) in [6.07, 6.45) is 8.62. The highest BCUT2D eigenvalue weighted by Gasteiger charge is 1.95. The van der Waals surface area contributed by atoms with Gasteiger partial charge in [-0.2, -0.15) is 0 Å². The van der Waals surface area contributed by atoms with Gasteiger partial charge in [-0.3, -0.25) is 0 Å². The lowest BCUT2D eigenvalue weighted by molar-refractivity contribution is 0.866. The van der Waals surface area contributed by atoms with Gasteiger partial charge in [-0.1, -0.05) is 82.5 Å². The molecule has 0 heterocycles. The van der Waals surface area contributed by atoms with E-state index < -0.39 is 0 Å². The molecule has 0 saturated carbocycles. The van der Waals surface area contributed by atoms with E-state index in [2.05, 4.69) is 72.0 Å². The highest BCUT2D eigenvalue weighted by Crippen LogP contribution is 2.13. The number of rotatable bonds is 5. The van der Waals surface area contributed by atoms with Crippen LogP contribution in [0, 0.1) is 6.92 Å². The molecule has 0 aliphatic heterocycles. The maximum atomic E-state index is 3.55. The molecule has 0 atom stereocenters. The monoisotopic (exact) mass is 274 g/mol. The molecule has 0 radical (unpaired) electrons. The maximum absolute atomic E-state index is 3.55. The normalized spacial score (nSPS) is 8.90. The van der Waals surface area contributed by atoms with E-state index >= 15 is 0 Å². The predicted molar refractivity (Wildman–Crippen MR) is 95.5 cm³/mol. The Morgan fingerprint density at radius 2 is 1.30 bits per heavy atom. The van der Waals surface area contributed by atoms with Crippen molar-refractivity contribution < 1.29 is 0 Å². The lowest BCUT2D eigenvalue weighted by Crippen LogP contribution is -1.85. The molecule has 20 heavy (non-hydrogen) atoms. The van der Waals surface area contributed by atoms with Crippen molar-refractivity contribution in [2.45, 2.75) is 66.2 Å². The summed E-state index contributed by atoms with van der Waals surface area (Å²) in [5.41, 5.74) is 2.76. The van der Waals surface area contributed by atoms with Gasteiger partial charge in [0.1, 0.15) is 0 Å². The second kappa shape index (κ2) is 15.8. The standard InChI is InChI=1S/C10H14.2C5H10/c1-8(2)10-6-4-9(3)5-7-10;2*1-3-5-4-2/h4-8H,1-3H3;2*3H,1,4-5H2,2H3. The van der Waals surface area contributed by atoms with Crippen molar-refractivity contribution in [1.82, 2.24) is 0 Å². The third-order valence-corrected chi connectivity index (χ3v) is 2.73. The molecule has 0 aliphatic rings. The summed E-state index contributed by atoms with van der Waals surface area (Å²) in [5.74, 6) is 0.653. The zero-order chi connectivity index (χ0) is 15.8. The van der Waals surface area contributed by atoms with E-state index in [-0.39, 0.29) is 0 Å². The van der Waals surface area contributed by atoms with Crippen molar-refractivity contribution in [3.63, 3.8) is 0 Å². The van der Waals surface area contributed by atoms with E-state index in [9.17, 15) is 0 Å². The van der Waals surface area contributed by atoms with Gasteiger partial charge >= 0.3 is 0 Å². The van der Waals surface area contributed by atoms with Crippen LogP contribution in [0.2, 0.25) is 0 Å². The highest BCUT2D eigenvalue weighted by molar-refractivity contribution is 5.23. The van der Waals surface area contributed by atoms with Crippen LogP contribution < -0.4 is 0 Å². The molecule has 0 unspecified atom stereocenters. The van der Waals surface area contributed by atoms with Crippen molar-refractivity contribution in [1.29, 1.82) is 0 Å². The summed E-state index contributed by atoms with van der Waals surface area (Å²) in [4.78, 5) is 0. The first-order valence-electron chi connectivity index (χ1n) is 7.81. The van der Waals surface area contributed by atoms with Crippen molar-refractivity contribution in [2.75, 3.05) is 0 Å². The number of unbranched alkanes of at least 4 members (excludes halogenated alkanes) is 2. The van der Waals surface area contributed by atoms with Crippen LogP contribution in [0.25, 0.3) is 0 Å². The van der Waals surface area contributed by atoms with E-state index in [1.54, 1.807) is 0 Å². The second-order valence-corrected chi connectivity index (χ2v) is 5.22. The van der Waals surface area contributed by atoms with Gasteiger partial charge in [0.05, 0.1) is 0 Å². The van der Waals surface area contributed by atoms with Gasteiger partial charge in [0.25, 0.3) is 0 Å². The van der Waals surface area contributed by atoms with Crippen molar-refractivity contribution >= 4 is 0 Å². The fraction of sp³-hybridized carbons (Fsp3) is 0.500. The van der Waals surface area contributed by atoms with Crippen LogP contribution in [0.1, 0.15) is 70.4 Å². The average Bonchev–Trinajstić information content (AvgIpc) is 2.42. The SMILES string of the molecule is C=CCCC.C=CCCC.Cc1ccc(C(C)C)cc1. The smallest absolute Gasteiger partial charge is 0.0219 e. The summed E-state index contributed by atoms with van der Waals surface area (Å²) >= 11 is 0. The Bertz CT molecular complexity index is 306. The van der Waals surface area contributed by atoms with Crippen LogP contribution in [0.5, 0.6) is 0 Å². The first-order valence-corrected chi connectivity index (χ1v) is 7.81.